The van der Waals surface area contributed by atoms with Crippen molar-refractivity contribution in [1.82, 2.24) is 0 Å². The van der Waals surface area contributed by atoms with Gasteiger partial charge in [0.2, 0.25) is 0 Å². The summed E-state index contributed by atoms with van der Waals surface area (Å²) in [5.41, 5.74) is 1.01. The second-order valence-electron chi connectivity index (χ2n) is 8.17. The average molecular weight is 348 g/mol. The van der Waals surface area contributed by atoms with Gasteiger partial charge in [0.25, 0.3) is 0 Å². The largest absolute Gasteiger partial charge is 0.385 e. The lowest BCUT2D eigenvalue weighted by molar-refractivity contribution is -0.159. The van der Waals surface area contributed by atoms with Crippen LogP contribution in [-0.4, -0.2) is 28.6 Å². The van der Waals surface area contributed by atoms with Gasteiger partial charge in [-0.2, -0.15) is 0 Å². The molecule has 1 fully saturated rings. The van der Waals surface area contributed by atoms with Crippen LogP contribution in [0.5, 0.6) is 0 Å². The molecule has 25 heavy (non-hydrogen) atoms. The minimum Gasteiger partial charge on any atom is -0.385 e. The van der Waals surface area contributed by atoms with E-state index in [1.54, 1.807) is 0 Å². The van der Waals surface area contributed by atoms with E-state index >= 15 is 0 Å². The zero-order valence-corrected chi connectivity index (χ0v) is 16.4. The fourth-order valence-electron chi connectivity index (χ4n) is 3.41. The number of rotatable bonds is 7. The van der Waals surface area contributed by atoms with Crippen molar-refractivity contribution in [3.8, 4) is 0 Å². The zero-order chi connectivity index (χ0) is 19.4. The van der Waals surface area contributed by atoms with Crippen LogP contribution in [-0.2, 0) is 14.4 Å². The van der Waals surface area contributed by atoms with Gasteiger partial charge in [-0.1, -0.05) is 37.1 Å². The molecule has 1 aliphatic carbocycles. The van der Waals surface area contributed by atoms with Gasteiger partial charge in [-0.05, 0) is 46.5 Å². The third-order valence-electron chi connectivity index (χ3n) is 4.78. The molecule has 4 nitrogen and oxygen atoms in total. The van der Waals surface area contributed by atoms with Gasteiger partial charge in [0, 0.05) is 12.8 Å². The lowest BCUT2D eigenvalue weighted by atomic mass is 9.58. The van der Waals surface area contributed by atoms with Gasteiger partial charge in [-0.3, -0.25) is 14.4 Å². The molecule has 1 saturated carbocycles. The minimum absolute atomic E-state index is 0.0964. The third-order valence-corrected chi connectivity index (χ3v) is 4.78. The Bertz CT molecular complexity index is 567. The van der Waals surface area contributed by atoms with E-state index in [0.717, 1.165) is 11.1 Å². The first-order chi connectivity index (χ1) is 11.5. The molecule has 0 saturated heterocycles. The molecule has 2 unspecified atom stereocenters. The fraction of sp³-hybridized carbons (Fsp3) is 0.667. The van der Waals surface area contributed by atoms with Gasteiger partial charge in [0.15, 0.2) is 5.78 Å². The highest BCUT2D eigenvalue weighted by molar-refractivity contribution is 6.13. The van der Waals surface area contributed by atoms with Crippen LogP contribution in [0.2, 0.25) is 0 Å². The maximum Gasteiger partial charge on any atom is 0.173 e. The molecule has 0 radical (unpaired) electrons. The number of aliphatic hydroxyl groups excluding tert-OH is 1. The van der Waals surface area contributed by atoms with Crippen molar-refractivity contribution < 1.29 is 19.5 Å². The van der Waals surface area contributed by atoms with Gasteiger partial charge >= 0.3 is 0 Å². The van der Waals surface area contributed by atoms with Crippen molar-refractivity contribution in [2.24, 2.45) is 17.3 Å². The van der Waals surface area contributed by atoms with Crippen molar-refractivity contribution >= 4 is 17.3 Å². The number of ketones is 3. The third kappa shape index (κ3) is 5.21. The first-order valence-corrected chi connectivity index (χ1v) is 9.05. The van der Waals surface area contributed by atoms with Gasteiger partial charge in [0.1, 0.15) is 17.7 Å². The van der Waals surface area contributed by atoms with Crippen molar-refractivity contribution in [1.29, 1.82) is 0 Å². The summed E-state index contributed by atoms with van der Waals surface area (Å²) in [6.45, 7) is 11.6. The van der Waals surface area contributed by atoms with Crippen LogP contribution in [0.15, 0.2) is 23.3 Å². The lowest BCUT2D eigenvalue weighted by Crippen LogP contribution is -2.55. The molecule has 4 heteroatoms. The molecular formula is C21H32O4. The molecule has 0 aromatic heterocycles. The van der Waals surface area contributed by atoms with E-state index in [9.17, 15) is 19.5 Å². The van der Waals surface area contributed by atoms with Gasteiger partial charge < -0.3 is 5.11 Å². The summed E-state index contributed by atoms with van der Waals surface area (Å²) in [6.07, 6.45) is 3.24. The van der Waals surface area contributed by atoms with E-state index < -0.39 is 23.2 Å². The van der Waals surface area contributed by atoms with E-state index in [1.807, 2.05) is 53.7 Å². The molecule has 1 rings (SSSR count). The average Bonchev–Trinajstić information content (AvgIpc) is 2.47. The summed E-state index contributed by atoms with van der Waals surface area (Å²) in [6, 6.07) is 0. The van der Waals surface area contributed by atoms with Crippen LogP contribution < -0.4 is 0 Å². The van der Waals surface area contributed by atoms with Crippen LogP contribution in [0, 0.1) is 17.3 Å². The summed E-state index contributed by atoms with van der Waals surface area (Å²) in [5, 5.41) is 10.0. The molecule has 0 bridgehead atoms. The van der Waals surface area contributed by atoms with Crippen molar-refractivity contribution in [2.45, 2.75) is 73.3 Å². The van der Waals surface area contributed by atoms with Crippen molar-refractivity contribution in [3.63, 3.8) is 0 Å². The van der Waals surface area contributed by atoms with Crippen molar-refractivity contribution in [3.05, 3.63) is 23.3 Å². The van der Waals surface area contributed by atoms with Crippen LogP contribution in [0.1, 0.15) is 67.2 Å². The number of allylic oxidation sites excluding steroid dienone is 4. The molecule has 0 heterocycles. The van der Waals surface area contributed by atoms with Crippen LogP contribution in [0.4, 0.5) is 0 Å². The predicted molar refractivity (Wildman–Crippen MR) is 99.1 cm³/mol. The Labute approximate surface area is 151 Å². The number of carbonyl (C=O) groups excluding carboxylic acids is 3. The standard InChI is InChI=1S/C21H32O4/c1-13(2)7-9-21(10-8-14(3)4)18(24)12-17(23)20(25)19(21)16(22)11-15(5)6/h7-8,15,17,19,23H,9-12H2,1-6H3. The van der Waals surface area contributed by atoms with E-state index in [4.69, 9.17) is 0 Å². The highest BCUT2D eigenvalue weighted by atomic mass is 16.3. The van der Waals surface area contributed by atoms with Crippen LogP contribution in [0.3, 0.4) is 0 Å². The van der Waals surface area contributed by atoms with Crippen LogP contribution in [0.25, 0.3) is 0 Å². The van der Waals surface area contributed by atoms with Gasteiger partial charge in [-0.25, -0.2) is 0 Å². The molecule has 1 N–H and O–H groups in total. The Balaban J connectivity index is 3.47. The number of Topliss-reactive ketones (excluding diaryl/α,β-unsaturated/α-hetero) is 3. The molecule has 0 aliphatic heterocycles. The normalized spacial score (nSPS) is 22.7. The Hall–Kier alpha value is -1.55. The monoisotopic (exact) mass is 348 g/mol. The molecule has 1 aliphatic rings. The first-order valence-electron chi connectivity index (χ1n) is 9.05. The molecule has 2 atom stereocenters. The Morgan fingerprint density at radius 3 is 2.00 bits per heavy atom. The summed E-state index contributed by atoms with van der Waals surface area (Å²) < 4.78 is 0. The molecular weight excluding hydrogens is 316 g/mol. The maximum absolute atomic E-state index is 13.0. The summed E-state index contributed by atoms with van der Waals surface area (Å²) in [5.74, 6) is -1.86. The smallest absolute Gasteiger partial charge is 0.173 e. The highest BCUT2D eigenvalue weighted by Gasteiger charge is 2.55. The van der Waals surface area contributed by atoms with E-state index in [2.05, 4.69) is 0 Å². The number of hydrogen-bond donors (Lipinski definition) is 1. The number of hydrogen-bond acceptors (Lipinski definition) is 4. The summed E-state index contributed by atoms with van der Waals surface area (Å²) in [7, 11) is 0. The van der Waals surface area contributed by atoms with E-state index in [0.29, 0.717) is 12.8 Å². The first kappa shape index (κ1) is 21.5. The van der Waals surface area contributed by atoms with E-state index in [1.165, 1.54) is 0 Å². The van der Waals surface area contributed by atoms with Crippen LogP contribution >= 0.6 is 0 Å². The fourth-order valence-corrected chi connectivity index (χ4v) is 3.41. The highest BCUT2D eigenvalue weighted by Crippen LogP contribution is 2.45. The van der Waals surface area contributed by atoms with Gasteiger partial charge in [-0.15, -0.1) is 0 Å². The van der Waals surface area contributed by atoms with Crippen molar-refractivity contribution in [2.75, 3.05) is 0 Å². The molecule has 0 aromatic rings. The topological polar surface area (TPSA) is 71.4 Å². The molecule has 0 amide bonds. The Morgan fingerprint density at radius 1 is 1.12 bits per heavy atom. The Kier molecular flexibility index (Phi) is 7.48. The maximum atomic E-state index is 13.0. The van der Waals surface area contributed by atoms with Gasteiger partial charge in [0.05, 0.1) is 11.3 Å². The zero-order valence-electron chi connectivity index (χ0n) is 16.4. The van der Waals surface area contributed by atoms with E-state index in [-0.39, 0.29) is 30.3 Å². The number of carbonyl (C=O) groups is 3. The minimum atomic E-state index is -1.36. The summed E-state index contributed by atoms with van der Waals surface area (Å²) in [4.78, 5) is 38.6. The SMILES string of the molecule is CC(C)=CCC1(CC=C(C)C)C(=O)CC(O)C(=O)C1C(=O)CC(C)C. The predicted octanol–water partition coefficient (Wildman–Crippen LogP) is 3.82. The number of aliphatic hydroxyl groups is 1. The molecule has 140 valence electrons. The molecule has 0 aromatic carbocycles. The lowest BCUT2D eigenvalue weighted by Gasteiger charge is -2.42. The second-order valence-corrected chi connectivity index (χ2v) is 8.17. The Morgan fingerprint density at radius 2 is 1.60 bits per heavy atom. The second kappa shape index (κ2) is 8.70. The summed E-state index contributed by atoms with van der Waals surface area (Å²) >= 11 is 0. The molecule has 0 spiro atoms. The quantitative estimate of drug-likeness (QED) is 0.561.